The Morgan fingerprint density at radius 2 is 1.68 bits per heavy atom. The van der Waals surface area contributed by atoms with Gasteiger partial charge in [0.05, 0.1) is 0 Å². The lowest BCUT2D eigenvalue weighted by Gasteiger charge is -2.60. The number of hydrogen-bond acceptors (Lipinski definition) is 3. The molecule has 0 unspecified atom stereocenters. The van der Waals surface area contributed by atoms with E-state index in [2.05, 4.69) is 13.8 Å². The van der Waals surface area contributed by atoms with Gasteiger partial charge in [-0.25, -0.2) is 0 Å². The molecule has 0 bridgehead atoms. The highest BCUT2D eigenvalue weighted by Crippen LogP contribution is 2.67. The number of carbonyl (C=O) groups excluding carboxylic acids is 1. The Bertz CT molecular complexity index is 499. The molecule has 0 saturated heterocycles. The molecule has 6 atom stereocenters. The summed E-state index contributed by atoms with van der Waals surface area (Å²) >= 11 is 0. The zero-order chi connectivity index (χ0) is 15.8. The predicted molar refractivity (Wildman–Crippen MR) is 83.9 cm³/mol. The van der Waals surface area contributed by atoms with Crippen molar-refractivity contribution in [2.24, 2.45) is 34.5 Å². The summed E-state index contributed by atoms with van der Waals surface area (Å²) in [5, 5.41) is 21.0. The number of carbonyl (C=O) groups is 1. The number of hydrogen-bond donors (Lipinski definition) is 2. The van der Waals surface area contributed by atoms with Crippen LogP contribution >= 0.6 is 0 Å². The van der Waals surface area contributed by atoms with E-state index in [9.17, 15) is 15.0 Å². The summed E-state index contributed by atoms with van der Waals surface area (Å²) in [6.07, 6.45) is 8.52. The molecular weight excluding hydrogens is 276 g/mol. The Hall–Kier alpha value is -0.410. The van der Waals surface area contributed by atoms with Gasteiger partial charge in [-0.2, -0.15) is 0 Å². The lowest BCUT2D eigenvalue weighted by molar-refractivity contribution is -0.251. The Labute approximate surface area is 133 Å². The van der Waals surface area contributed by atoms with Crippen LogP contribution in [0.25, 0.3) is 0 Å². The molecule has 2 N–H and O–H groups in total. The van der Waals surface area contributed by atoms with Crippen molar-refractivity contribution in [1.29, 1.82) is 0 Å². The molecule has 3 nitrogen and oxygen atoms in total. The molecule has 124 valence electrons. The van der Waals surface area contributed by atoms with E-state index in [1.807, 2.05) is 0 Å². The molecule has 0 heterocycles. The van der Waals surface area contributed by atoms with E-state index in [0.717, 1.165) is 38.5 Å². The first-order valence-corrected chi connectivity index (χ1v) is 9.24. The van der Waals surface area contributed by atoms with E-state index in [1.165, 1.54) is 12.8 Å². The summed E-state index contributed by atoms with van der Waals surface area (Å²) in [5.74, 6) is 1.35. The second-order valence-electron chi connectivity index (χ2n) is 9.21. The number of ketones is 1. The van der Waals surface area contributed by atoms with Gasteiger partial charge in [0, 0.05) is 24.7 Å². The third-order valence-corrected chi connectivity index (χ3v) is 8.59. The minimum absolute atomic E-state index is 0.314. The molecule has 4 rings (SSSR count). The molecule has 0 aromatic rings. The topological polar surface area (TPSA) is 57.5 Å². The van der Waals surface area contributed by atoms with Gasteiger partial charge in [-0.15, -0.1) is 0 Å². The average Bonchev–Trinajstić information content (AvgIpc) is 2.70. The van der Waals surface area contributed by atoms with Gasteiger partial charge in [0.2, 0.25) is 0 Å². The third-order valence-electron chi connectivity index (χ3n) is 8.59. The van der Waals surface area contributed by atoms with Crippen LogP contribution in [0.5, 0.6) is 0 Å². The predicted octanol–water partition coefficient (Wildman–Crippen LogP) is 3.28. The molecule has 0 amide bonds. The first kappa shape index (κ1) is 15.1. The molecule has 0 radical (unpaired) electrons. The van der Waals surface area contributed by atoms with Crippen LogP contribution in [0.15, 0.2) is 0 Å². The van der Waals surface area contributed by atoms with Crippen LogP contribution in [-0.4, -0.2) is 21.8 Å². The van der Waals surface area contributed by atoms with Gasteiger partial charge in [-0.05, 0) is 67.6 Å². The molecule has 4 fully saturated rings. The van der Waals surface area contributed by atoms with Gasteiger partial charge >= 0.3 is 0 Å². The van der Waals surface area contributed by atoms with Crippen LogP contribution in [0.1, 0.15) is 71.6 Å². The lowest BCUT2D eigenvalue weighted by atomic mass is 9.45. The van der Waals surface area contributed by atoms with Crippen molar-refractivity contribution in [1.82, 2.24) is 0 Å². The van der Waals surface area contributed by atoms with Crippen LogP contribution < -0.4 is 0 Å². The van der Waals surface area contributed by atoms with Gasteiger partial charge in [-0.3, -0.25) is 4.79 Å². The van der Waals surface area contributed by atoms with Crippen LogP contribution in [0.2, 0.25) is 0 Å². The fourth-order valence-electron chi connectivity index (χ4n) is 7.04. The van der Waals surface area contributed by atoms with E-state index >= 15 is 0 Å². The first-order chi connectivity index (χ1) is 10.3. The second-order valence-corrected chi connectivity index (χ2v) is 9.21. The van der Waals surface area contributed by atoms with E-state index < -0.39 is 5.79 Å². The Morgan fingerprint density at radius 3 is 2.45 bits per heavy atom. The summed E-state index contributed by atoms with van der Waals surface area (Å²) in [6, 6.07) is 0. The van der Waals surface area contributed by atoms with Gasteiger partial charge in [0.25, 0.3) is 0 Å². The first-order valence-electron chi connectivity index (χ1n) is 9.24. The van der Waals surface area contributed by atoms with Gasteiger partial charge in [0.15, 0.2) is 5.79 Å². The van der Waals surface area contributed by atoms with Crippen LogP contribution in [0.4, 0.5) is 0 Å². The number of fused-ring (bicyclic) bond motifs is 5. The maximum absolute atomic E-state index is 11.9. The highest BCUT2D eigenvalue weighted by atomic mass is 16.5. The molecule has 3 heteroatoms. The molecule has 0 spiro atoms. The fourth-order valence-corrected chi connectivity index (χ4v) is 7.04. The zero-order valence-electron chi connectivity index (χ0n) is 14.0. The summed E-state index contributed by atoms with van der Waals surface area (Å²) < 4.78 is 0. The quantitative estimate of drug-likeness (QED) is 0.675. The molecule has 4 aliphatic rings. The van der Waals surface area contributed by atoms with Gasteiger partial charge in [-0.1, -0.05) is 13.8 Å². The van der Waals surface area contributed by atoms with Crippen LogP contribution in [0, 0.1) is 34.5 Å². The minimum Gasteiger partial charge on any atom is -0.365 e. The summed E-state index contributed by atoms with van der Waals surface area (Å²) in [6.45, 7) is 4.55. The van der Waals surface area contributed by atoms with Crippen molar-refractivity contribution in [3.05, 3.63) is 0 Å². The highest BCUT2D eigenvalue weighted by Gasteiger charge is 2.64. The highest BCUT2D eigenvalue weighted by molar-refractivity contribution is 5.79. The van der Waals surface area contributed by atoms with Gasteiger partial charge < -0.3 is 10.2 Å². The van der Waals surface area contributed by atoms with Crippen molar-refractivity contribution in [3.63, 3.8) is 0 Å². The molecular formula is C19H30O3. The number of Topliss-reactive ketones (excluding diaryl/α,β-unsaturated/α-hetero) is 1. The number of rotatable bonds is 0. The molecule has 22 heavy (non-hydrogen) atoms. The Balaban J connectivity index is 1.65. The Morgan fingerprint density at radius 1 is 0.955 bits per heavy atom. The van der Waals surface area contributed by atoms with E-state index in [1.54, 1.807) is 0 Å². The van der Waals surface area contributed by atoms with E-state index in [-0.39, 0.29) is 5.41 Å². The van der Waals surface area contributed by atoms with Crippen molar-refractivity contribution in [2.75, 3.05) is 0 Å². The molecule has 0 aliphatic heterocycles. The monoisotopic (exact) mass is 306 g/mol. The fraction of sp³-hybridized carbons (Fsp3) is 0.947. The van der Waals surface area contributed by atoms with Crippen LogP contribution in [-0.2, 0) is 4.79 Å². The smallest absolute Gasteiger partial charge is 0.168 e. The maximum Gasteiger partial charge on any atom is 0.168 e. The van der Waals surface area contributed by atoms with Crippen molar-refractivity contribution in [2.45, 2.75) is 77.4 Å². The standard InChI is InChI=1S/C19H30O3/c1-17-8-5-13(20)11-12(17)3-4-14-15(17)6-9-18(2)16(14)7-10-19(18,21)22/h12,14-16,21-22H,3-11H2,1-2H3/t12-,14+,15-,16-,17-,18-/m0/s1. The van der Waals surface area contributed by atoms with Crippen molar-refractivity contribution < 1.29 is 15.0 Å². The number of aliphatic hydroxyl groups is 2. The van der Waals surface area contributed by atoms with Crippen molar-refractivity contribution in [3.8, 4) is 0 Å². The van der Waals surface area contributed by atoms with Crippen LogP contribution in [0.3, 0.4) is 0 Å². The normalized spacial score (nSPS) is 53.5. The molecule has 4 saturated carbocycles. The van der Waals surface area contributed by atoms with Crippen molar-refractivity contribution >= 4 is 5.78 Å². The van der Waals surface area contributed by atoms with Gasteiger partial charge in [0.1, 0.15) is 5.78 Å². The summed E-state index contributed by atoms with van der Waals surface area (Å²) in [4.78, 5) is 11.9. The summed E-state index contributed by atoms with van der Waals surface area (Å²) in [5.41, 5.74) is -0.00380. The minimum atomic E-state index is -1.47. The molecule has 0 aromatic heterocycles. The molecule has 4 aliphatic carbocycles. The SMILES string of the molecule is C[C@]12CCC(=O)C[C@@H]1CC[C@@H]1[C@@H]2CC[C@@]2(C)[C@H]1CCC2(O)O. The third kappa shape index (κ3) is 1.78. The Kier molecular flexibility index (Phi) is 3.14. The summed E-state index contributed by atoms with van der Waals surface area (Å²) in [7, 11) is 0. The maximum atomic E-state index is 11.9. The lowest BCUT2D eigenvalue weighted by Crippen LogP contribution is -2.56. The largest absolute Gasteiger partial charge is 0.365 e. The molecule has 0 aromatic carbocycles. The zero-order valence-corrected chi connectivity index (χ0v) is 14.0. The van der Waals surface area contributed by atoms with E-state index in [4.69, 9.17) is 0 Å². The average molecular weight is 306 g/mol. The van der Waals surface area contributed by atoms with E-state index in [0.29, 0.717) is 41.3 Å². The second kappa shape index (κ2) is 4.57.